The third-order valence-corrected chi connectivity index (χ3v) is 1.62. The van der Waals surface area contributed by atoms with Crippen molar-refractivity contribution in [2.24, 2.45) is 0 Å². The Bertz CT molecular complexity index is 417. The van der Waals surface area contributed by atoms with E-state index < -0.39 is 12.1 Å². The molecule has 1 amide bonds. The minimum absolute atomic E-state index is 0.0549. The summed E-state index contributed by atoms with van der Waals surface area (Å²) in [6.45, 7) is 3.43. The van der Waals surface area contributed by atoms with Crippen LogP contribution >= 0.6 is 0 Å². The van der Waals surface area contributed by atoms with Crippen LogP contribution in [-0.2, 0) is 4.74 Å². The first kappa shape index (κ1) is 11.7. The molecular formula is C10H10N2O4. The molecule has 0 aliphatic heterocycles. The summed E-state index contributed by atoms with van der Waals surface area (Å²) in [6.07, 6.45) is 3.18. The number of carboxylic acid groups (broad SMARTS) is 1. The number of ether oxygens (including phenoxy) is 1. The van der Waals surface area contributed by atoms with Gasteiger partial charge in [-0.1, -0.05) is 12.7 Å². The van der Waals surface area contributed by atoms with Gasteiger partial charge in [-0.15, -0.1) is 0 Å². The Morgan fingerprint density at radius 3 is 3.00 bits per heavy atom. The molecule has 0 spiro atoms. The number of aromatic carboxylic acids is 1. The van der Waals surface area contributed by atoms with Gasteiger partial charge in [0.1, 0.15) is 12.2 Å². The van der Waals surface area contributed by atoms with E-state index >= 15 is 0 Å². The first-order valence-corrected chi connectivity index (χ1v) is 4.37. The Hall–Kier alpha value is -2.37. The van der Waals surface area contributed by atoms with Crippen molar-refractivity contribution in [3.8, 4) is 0 Å². The average Bonchev–Trinajstić information content (AvgIpc) is 2.27. The number of hydrogen-bond acceptors (Lipinski definition) is 4. The number of carbonyl (C=O) groups excluding carboxylic acids is 1. The number of hydrogen-bond donors (Lipinski definition) is 2. The Balaban J connectivity index is 2.76. The molecule has 16 heavy (non-hydrogen) atoms. The monoisotopic (exact) mass is 222 g/mol. The first-order valence-electron chi connectivity index (χ1n) is 4.37. The first-order chi connectivity index (χ1) is 7.65. The Morgan fingerprint density at radius 2 is 2.38 bits per heavy atom. The number of carbonyl (C=O) groups is 2. The fraction of sp³-hybridized carbons (Fsp3) is 0.100. The zero-order chi connectivity index (χ0) is 12.0. The molecule has 1 heterocycles. The third kappa shape index (κ3) is 3.09. The Kier molecular flexibility index (Phi) is 4.02. The summed E-state index contributed by atoms with van der Waals surface area (Å²) in [5.74, 6) is -1.17. The Labute approximate surface area is 91.6 Å². The molecule has 6 nitrogen and oxygen atoms in total. The summed E-state index contributed by atoms with van der Waals surface area (Å²) in [4.78, 5) is 25.6. The smallest absolute Gasteiger partial charge is 0.411 e. The van der Waals surface area contributed by atoms with Crippen LogP contribution in [0.1, 0.15) is 10.4 Å². The normalized spacial score (nSPS) is 9.25. The molecule has 0 atom stereocenters. The van der Waals surface area contributed by atoms with Crippen molar-refractivity contribution < 1.29 is 19.4 Å². The number of amides is 1. The summed E-state index contributed by atoms with van der Waals surface area (Å²) in [6, 6.07) is 1.37. The largest absolute Gasteiger partial charge is 0.478 e. The number of aromatic nitrogens is 1. The standard InChI is InChI=1S/C10H10N2O4/c1-2-5-16-10(15)12-8-3-4-11-6-7(8)9(13)14/h2-4,6H,1,5H2,(H,13,14)(H,11,12,15). The van der Waals surface area contributed by atoms with Crippen molar-refractivity contribution in [2.75, 3.05) is 11.9 Å². The second-order valence-corrected chi connectivity index (χ2v) is 2.74. The van der Waals surface area contributed by atoms with Crippen LogP contribution in [0.25, 0.3) is 0 Å². The summed E-state index contributed by atoms with van der Waals surface area (Å²) in [5.41, 5.74) is 0.0367. The molecule has 0 unspecified atom stereocenters. The summed E-state index contributed by atoms with van der Waals surface area (Å²) >= 11 is 0. The number of rotatable bonds is 4. The average molecular weight is 222 g/mol. The lowest BCUT2D eigenvalue weighted by atomic mass is 10.2. The van der Waals surface area contributed by atoms with Crippen molar-refractivity contribution in [3.63, 3.8) is 0 Å². The molecule has 6 heteroatoms. The van der Waals surface area contributed by atoms with Crippen LogP contribution in [0.4, 0.5) is 10.5 Å². The number of nitrogens with one attached hydrogen (secondary N) is 1. The van der Waals surface area contributed by atoms with E-state index in [-0.39, 0.29) is 17.9 Å². The van der Waals surface area contributed by atoms with Crippen LogP contribution in [-0.4, -0.2) is 28.8 Å². The van der Waals surface area contributed by atoms with Gasteiger partial charge in [-0.3, -0.25) is 10.3 Å². The summed E-state index contributed by atoms with van der Waals surface area (Å²) < 4.78 is 4.65. The topological polar surface area (TPSA) is 88.5 Å². The summed E-state index contributed by atoms with van der Waals surface area (Å²) in [5, 5.41) is 11.1. The molecule has 0 fully saturated rings. The van der Waals surface area contributed by atoms with Crippen LogP contribution < -0.4 is 5.32 Å². The number of pyridine rings is 1. The van der Waals surface area contributed by atoms with Crippen molar-refractivity contribution in [3.05, 3.63) is 36.7 Å². The van der Waals surface area contributed by atoms with Gasteiger partial charge in [0.2, 0.25) is 0 Å². The summed E-state index contributed by atoms with van der Waals surface area (Å²) in [7, 11) is 0. The quantitative estimate of drug-likeness (QED) is 0.754. The fourth-order valence-electron chi connectivity index (χ4n) is 0.955. The number of carboxylic acids is 1. The van der Waals surface area contributed by atoms with E-state index in [0.29, 0.717) is 0 Å². The maximum absolute atomic E-state index is 11.2. The molecule has 0 aromatic carbocycles. The molecule has 84 valence electrons. The van der Waals surface area contributed by atoms with Crippen molar-refractivity contribution in [1.82, 2.24) is 4.98 Å². The minimum atomic E-state index is -1.17. The van der Waals surface area contributed by atoms with Crippen LogP contribution in [0.2, 0.25) is 0 Å². The van der Waals surface area contributed by atoms with Gasteiger partial charge in [-0.05, 0) is 6.07 Å². The zero-order valence-corrected chi connectivity index (χ0v) is 8.34. The van der Waals surface area contributed by atoms with Crippen LogP contribution in [0.5, 0.6) is 0 Å². The van der Waals surface area contributed by atoms with Gasteiger partial charge >= 0.3 is 12.1 Å². The lowest BCUT2D eigenvalue weighted by molar-refractivity contribution is 0.0697. The molecule has 0 saturated heterocycles. The zero-order valence-electron chi connectivity index (χ0n) is 8.34. The maximum Gasteiger partial charge on any atom is 0.411 e. The van der Waals surface area contributed by atoms with Gasteiger partial charge in [0, 0.05) is 12.4 Å². The predicted molar refractivity (Wildman–Crippen MR) is 56.4 cm³/mol. The molecule has 1 rings (SSSR count). The molecule has 1 aromatic rings. The highest BCUT2D eigenvalue weighted by Gasteiger charge is 2.12. The number of anilines is 1. The fourth-order valence-corrected chi connectivity index (χ4v) is 0.955. The van der Waals surface area contributed by atoms with E-state index in [0.717, 1.165) is 6.20 Å². The molecule has 0 aliphatic carbocycles. The maximum atomic E-state index is 11.2. The van der Waals surface area contributed by atoms with Crippen LogP contribution in [0.15, 0.2) is 31.1 Å². The number of nitrogens with zero attached hydrogens (tertiary/aromatic N) is 1. The van der Waals surface area contributed by atoms with E-state index in [1.165, 1.54) is 18.3 Å². The highest BCUT2D eigenvalue weighted by Crippen LogP contribution is 2.13. The highest BCUT2D eigenvalue weighted by atomic mass is 16.5. The minimum Gasteiger partial charge on any atom is -0.478 e. The van der Waals surface area contributed by atoms with Gasteiger partial charge in [-0.25, -0.2) is 9.59 Å². The molecule has 2 N–H and O–H groups in total. The lowest BCUT2D eigenvalue weighted by Crippen LogP contribution is -2.16. The van der Waals surface area contributed by atoms with Crippen molar-refractivity contribution >= 4 is 17.7 Å². The molecular weight excluding hydrogens is 212 g/mol. The predicted octanol–water partition coefficient (Wildman–Crippen LogP) is 1.51. The van der Waals surface area contributed by atoms with E-state index in [9.17, 15) is 9.59 Å². The second kappa shape index (κ2) is 5.50. The van der Waals surface area contributed by atoms with E-state index in [1.54, 1.807) is 0 Å². The highest BCUT2D eigenvalue weighted by molar-refractivity contribution is 5.98. The molecule has 0 saturated carbocycles. The molecule has 0 radical (unpaired) electrons. The lowest BCUT2D eigenvalue weighted by Gasteiger charge is -2.07. The van der Waals surface area contributed by atoms with Gasteiger partial charge < -0.3 is 9.84 Å². The van der Waals surface area contributed by atoms with Crippen LogP contribution in [0, 0.1) is 0 Å². The van der Waals surface area contributed by atoms with E-state index in [1.807, 2.05) is 0 Å². The second-order valence-electron chi connectivity index (χ2n) is 2.74. The third-order valence-electron chi connectivity index (χ3n) is 1.62. The van der Waals surface area contributed by atoms with Crippen molar-refractivity contribution in [2.45, 2.75) is 0 Å². The molecule has 0 bridgehead atoms. The van der Waals surface area contributed by atoms with Gasteiger partial charge in [0.15, 0.2) is 0 Å². The van der Waals surface area contributed by atoms with Gasteiger partial charge in [0.25, 0.3) is 0 Å². The SMILES string of the molecule is C=CCOC(=O)Nc1ccncc1C(=O)O. The Morgan fingerprint density at radius 1 is 1.62 bits per heavy atom. The van der Waals surface area contributed by atoms with E-state index in [4.69, 9.17) is 5.11 Å². The molecule has 0 aliphatic rings. The van der Waals surface area contributed by atoms with Gasteiger partial charge in [-0.2, -0.15) is 0 Å². The van der Waals surface area contributed by atoms with Crippen molar-refractivity contribution in [1.29, 1.82) is 0 Å². The molecule has 1 aromatic heterocycles. The van der Waals surface area contributed by atoms with Crippen LogP contribution in [0.3, 0.4) is 0 Å². The van der Waals surface area contributed by atoms with Gasteiger partial charge in [0.05, 0.1) is 5.69 Å². The van der Waals surface area contributed by atoms with E-state index in [2.05, 4.69) is 21.6 Å².